The minimum absolute atomic E-state index is 0.0143. The Labute approximate surface area is 118 Å². The van der Waals surface area contributed by atoms with Crippen LogP contribution in [0.1, 0.15) is 33.8 Å². The Balaban J connectivity index is 2.31. The number of carbonyl (C=O) groups is 2. The average Bonchev–Trinajstić information content (AvgIpc) is 2.53. The zero-order valence-corrected chi connectivity index (χ0v) is 11.3. The van der Waals surface area contributed by atoms with E-state index in [4.69, 9.17) is 0 Å². The predicted molar refractivity (Wildman–Crippen MR) is 76.7 cm³/mol. The normalized spacial score (nSPS) is 11.7. The molecule has 3 heteroatoms. The van der Waals surface area contributed by atoms with E-state index < -0.39 is 0 Å². The molecule has 102 valence electrons. The maximum absolute atomic E-state index is 11.4. The summed E-state index contributed by atoms with van der Waals surface area (Å²) in [5.41, 5.74) is 2.61. The Morgan fingerprint density at radius 3 is 2.20 bits per heavy atom. The molecule has 0 aliphatic rings. The molecule has 3 nitrogen and oxygen atoms in total. The zero-order valence-electron chi connectivity index (χ0n) is 11.3. The molecule has 0 aliphatic heterocycles. The van der Waals surface area contributed by atoms with Crippen molar-refractivity contribution in [3.8, 4) is 0 Å². The lowest BCUT2D eigenvalue weighted by atomic mass is 9.88. The van der Waals surface area contributed by atoms with Gasteiger partial charge in [0.2, 0.25) is 0 Å². The number of carbonyl (C=O) groups excluding carboxylic acids is 2. The lowest BCUT2D eigenvalue weighted by Crippen LogP contribution is -2.04. The van der Waals surface area contributed by atoms with Gasteiger partial charge in [0.15, 0.2) is 0 Å². The number of rotatable bonds is 5. The van der Waals surface area contributed by atoms with Crippen LogP contribution in [0, 0.1) is 0 Å². The summed E-state index contributed by atoms with van der Waals surface area (Å²) in [4.78, 5) is 22.3. The first-order valence-corrected chi connectivity index (χ1v) is 6.43. The lowest BCUT2D eigenvalue weighted by molar-refractivity contribution is -0.108. The summed E-state index contributed by atoms with van der Waals surface area (Å²) in [6.45, 7) is 0. The van der Waals surface area contributed by atoms with Crippen molar-refractivity contribution in [2.24, 2.45) is 0 Å². The van der Waals surface area contributed by atoms with Crippen LogP contribution in [-0.2, 0) is 9.53 Å². The van der Waals surface area contributed by atoms with Crippen LogP contribution in [0.15, 0.2) is 54.6 Å². The van der Waals surface area contributed by atoms with E-state index >= 15 is 0 Å². The van der Waals surface area contributed by atoms with Crippen molar-refractivity contribution in [1.29, 1.82) is 0 Å². The molecule has 20 heavy (non-hydrogen) atoms. The van der Waals surface area contributed by atoms with Gasteiger partial charge in [0, 0.05) is 12.3 Å². The number of esters is 1. The Hall–Kier alpha value is -2.42. The predicted octanol–water partition coefficient (Wildman–Crippen LogP) is 3.19. The van der Waals surface area contributed by atoms with Gasteiger partial charge in [-0.25, -0.2) is 4.79 Å². The highest BCUT2D eigenvalue weighted by atomic mass is 16.5. The van der Waals surface area contributed by atoms with Gasteiger partial charge >= 0.3 is 5.97 Å². The number of ether oxygens (including phenoxy) is 1. The minimum atomic E-state index is -0.358. The highest BCUT2D eigenvalue weighted by Gasteiger charge is 2.14. The monoisotopic (exact) mass is 268 g/mol. The molecule has 0 N–H and O–H groups in total. The van der Waals surface area contributed by atoms with E-state index in [0.717, 1.165) is 17.4 Å². The maximum atomic E-state index is 11.4. The number of aldehydes is 1. The third-order valence-corrected chi connectivity index (χ3v) is 3.27. The Bertz CT molecular complexity index is 573. The highest BCUT2D eigenvalue weighted by molar-refractivity contribution is 5.89. The first kappa shape index (κ1) is 14.0. The summed E-state index contributed by atoms with van der Waals surface area (Å²) in [5.74, 6) is -0.344. The first-order valence-electron chi connectivity index (χ1n) is 6.43. The van der Waals surface area contributed by atoms with Crippen molar-refractivity contribution in [2.75, 3.05) is 7.11 Å². The quantitative estimate of drug-likeness (QED) is 0.618. The van der Waals surface area contributed by atoms with E-state index in [0.29, 0.717) is 12.0 Å². The molecule has 0 saturated heterocycles. The van der Waals surface area contributed by atoms with Crippen molar-refractivity contribution < 1.29 is 14.3 Å². The van der Waals surface area contributed by atoms with Gasteiger partial charge in [-0.2, -0.15) is 0 Å². The number of hydrogen-bond acceptors (Lipinski definition) is 3. The summed E-state index contributed by atoms with van der Waals surface area (Å²) >= 11 is 0. The van der Waals surface area contributed by atoms with Crippen LogP contribution >= 0.6 is 0 Å². The second-order valence-corrected chi connectivity index (χ2v) is 4.48. The molecule has 0 saturated carbocycles. The molecular weight excluding hydrogens is 252 g/mol. The van der Waals surface area contributed by atoms with Crippen molar-refractivity contribution in [1.82, 2.24) is 0 Å². The van der Waals surface area contributed by atoms with Crippen molar-refractivity contribution >= 4 is 12.3 Å². The second kappa shape index (κ2) is 6.66. The molecule has 2 aromatic rings. The van der Waals surface area contributed by atoms with Gasteiger partial charge in [-0.3, -0.25) is 0 Å². The van der Waals surface area contributed by atoms with Gasteiger partial charge < -0.3 is 9.53 Å². The van der Waals surface area contributed by atoms with Crippen molar-refractivity contribution in [3.63, 3.8) is 0 Å². The van der Waals surface area contributed by atoms with E-state index in [-0.39, 0.29) is 11.9 Å². The number of hydrogen-bond donors (Lipinski definition) is 0. The topological polar surface area (TPSA) is 43.4 Å². The zero-order chi connectivity index (χ0) is 14.4. The van der Waals surface area contributed by atoms with E-state index in [1.54, 1.807) is 12.1 Å². The fourth-order valence-corrected chi connectivity index (χ4v) is 2.22. The van der Waals surface area contributed by atoms with Gasteiger partial charge in [0.25, 0.3) is 0 Å². The SMILES string of the molecule is COC(=O)c1ccc(C(CC=O)c2ccccc2)cc1. The van der Waals surface area contributed by atoms with Gasteiger partial charge in [0.1, 0.15) is 6.29 Å². The van der Waals surface area contributed by atoms with Crippen molar-refractivity contribution in [3.05, 3.63) is 71.3 Å². The fraction of sp³-hybridized carbons (Fsp3) is 0.176. The molecule has 1 atom stereocenters. The molecular formula is C17H16O3. The van der Waals surface area contributed by atoms with Gasteiger partial charge in [0.05, 0.1) is 12.7 Å². The van der Waals surface area contributed by atoms with Crippen LogP contribution in [0.25, 0.3) is 0 Å². The van der Waals surface area contributed by atoms with Crippen LogP contribution in [0.2, 0.25) is 0 Å². The fourth-order valence-electron chi connectivity index (χ4n) is 2.22. The summed E-state index contributed by atoms with van der Waals surface area (Å²) in [7, 11) is 1.36. The maximum Gasteiger partial charge on any atom is 0.337 e. The third-order valence-electron chi connectivity index (χ3n) is 3.27. The second-order valence-electron chi connectivity index (χ2n) is 4.48. The van der Waals surface area contributed by atoms with E-state index in [9.17, 15) is 9.59 Å². The molecule has 0 amide bonds. The Morgan fingerprint density at radius 2 is 1.65 bits per heavy atom. The largest absolute Gasteiger partial charge is 0.465 e. The summed E-state index contributed by atoms with van der Waals surface area (Å²) in [6, 6.07) is 17.0. The molecule has 0 fully saturated rings. The molecule has 1 unspecified atom stereocenters. The molecule has 0 aliphatic carbocycles. The van der Waals surface area contributed by atoms with Crippen LogP contribution in [0.5, 0.6) is 0 Å². The van der Waals surface area contributed by atoms with E-state index in [2.05, 4.69) is 4.74 Å². The lowest BCUT2D eigenvalue weighted by Gasteiger charge is -2.15. The van der Waals surface area contributed by atoms with Crippen LogP contribution in [0.3, 0.4) is 0 Å². The van der Waals surface area contributed by atoms with Gasteiger partial charge in [-0.05, 0) is 23.3 Å². The smallest absolute Gasteiger partial charge is 0.337 e. The highest BCUT2D eigenvalue weighted by Crippen LogP contribution is 2.27. The Morgan fingerprint density at radius 1 is 1.05 bits per heavy atom. The minimum Gasteiger partial charge on any atom is -0.465 e. The van der Waals surface area contributed by atoms with Crippen molar-refractivity contribution in [2.45, 2.75) is 12.3 Å². The average molecular weight is 268 g/mol. The molecule has 0 bridgehead atoms. The summed E-state index contributed by atoms with van der Waals surface area (Å²) in [6.07, 6.45) is 1.34. The van der Waals surface area contributed by atoms with Crippen LogP contribution < -0.4 is 0 Å². The van der Waals surface area contributed by atoms with Crippen LogP contribution in [0.4, 0.5) is 0 Å². The molecule has 0 spiro atoms. The molecule has 0 heterocycles. The van der Waals surface area contributed by atoms with Gasteiger partial charge in [-0.1, -0.05) is 42.5 Å². The number of benzene rings is 2. The molecule has 0 radical (unpaired) electrons. The summed E-state index contributed by atoms with van der Waals surface area (Å²) < 4.78 is 4.67. The molecule has 0 aromatic heterocycles. The molecule has 2 aromatic carbocycles. The third kappa shape index (κ3) is 3.12. The number of methoxy groups -OCH3 is 1. The summed E-state index contributed by atoms with van der Waals surface area (Å²) in [5, 5.41) is 0. The standard InChI is InChI=1S/C17H16O3/c1-20-17(19)15-9-7-14(8-10-15)16(11-12-18)13-5-3-2-4-6-13/h2-10,12,16H,11H2,1H3. The Kier molecular flexibility index (Phi) is 4.66. The van der Waals surface area contributed by atoms with Crippen LogP contribution in [-0.4, -0.2) is 19.4 Å². The molecule has 2 rings (SSSR count). The van der Waals surface area contributed by atoms with Gasteiger partial charge in [-0.15, -0.1) is 0 Å². The van der Waals surface area contributed by atoms with E-state index in [1.807, 2.05) is 42.5 Å². The van der Waals surface area contributed by atoms with E-state index in [1.165, 1.54) is 7.11 Å². The first-order chi connectivity index (χ1) is 9.76.